The Hall–Kier alpha value is -1.61. The van der Waals surface area contributed by atoms with Gasteiger partial charge < -0.3 is 5.11 Å². The van der Waals surface area contributed by atoms with E-state index in [1.165, 1.54) is 16.9 Å². The van der Waals surface area contributed by atoms with Crippen LogP contribution in [0.15, 0.2) is 23.6 Å². The number of hydrogen-bond acceptors (Lipinski definition) is 2. The molecular weight excluding hydrogens is 232 g/mol. The second-order valence-electron chi connectivity index (χ2n) is 4.20. The molecule has 0 saturated heterocycles. The molecule has 1 N–H and O–H groups in total. The molecule has 0 fully saturated rings. The molecule has 2 nitrogen and oxygen atoms in total. The van der Waals surface area contributed by atoms with E-state index in [4.69, 9.17) is 0 Å². The highest BCUT2D eigenvalue weighted by Gasteiger charge is 2.17. The van der Waals surface area contributed by atoms with Crippen LogP contribution in [0, 0.1) is 20.8 Å². The zero-order valence-electron chi connectivity index (χ0n) is 10.1. The van der Waals surface area contributed by atoms with Crippen LogP contribution in [0.4, 0.5) is 0 Å². The third kappa shape index (κ3) is 2.11. The van der Waals surface area contributed by atoms with E-state index in [0.29, 0.717) is 5.56 Å². The Bertz CT molecular complexity index is 582. The molecular formula is C14H14O2S. The Labute approximate surface area is 105 Å². The number of benzene rings is 1. The van der Waals surface area contributed by atoms with E-state index in [0.717, 1.165) is 21.6 Å². The first-order valence-corrected chi connectivity index (χ1v) is 6.27. The van der Waals surface area contributed by atoms with Crippen molar-refractivity contribution in [2.75, 3.05) is 0 Å². The van der Waals surface area contributed by atoms with Crippen LogP contribution in [-0.2, 0) is 0 Å². The molecule has 1 aromatic heterocycles. The second-order valence-corrected chi connectivity index (χ2v) is 5.29. The van der Waals surface area contributed by atoms with Gasteiger partial charge in [-0.1, -0.05) is 23.8 Å². The molecule has 0 amide bonds. The first-order chi connectivity index (χ1) is 8.00. The SMILES string of the molecule is Cc1ccc(-c2c(C(=O)O)csc2C)c(C)c1. The van der Waals surface area contributed by atoms with E-state index >= 15 is 0 Å². The fraction of sp³-hybridized carbons (Fsp3) is 0.214. The average molecular weight is 246 g/mol. The number of carboxylic acids is 1. The Balaban J connectivity index is 2.67. The van der Waals surface area contributed by atoms with E-state index in [1.807, 2.05) is 32.9 Å². The first kappa shape index (κ1) is 11.9. The van der Waals surface area contributed by atoms with Gasteiger partial charge in [0.15, 0.2) is 0 Å². The molecule has 1 aromatic carbocycles. The lowest BCUT2D eigenvalue weighted by Crippen LogP contribution is -1.97. The summed E-state index contributed by atoms with van der Waals surface area (Å²) in [5.41, 5.74) is 4.59. The van der Waals surface area contributed by atoms with Crippen molar-refractivity contribution in [1.29, 1.82) is 0 Å². The highest BCUT2D eigenvalue weighted by Crippen LogP contribution is 2.34. The van der Waals surface area contributed by atoms with Gasteiger partial charge in [0.25, 0.3) is 0 Å². The van der Waals surface area contributed by atoms with Crippen molar-refractivity contribution in [3.8, 4) is 11.1 Å². The highest BCUT2D eigenvalue weighted by atomic mass is 32.1. The lowest BCUT2D eigenvalue weighted by atomic mass is 9.96. The normalized spacial score (nSPS) is 10.5. The third-order valence-electron chi connectivity index (χ3n) is 2.86. The van der Waals surface area contributed by atoms with E-state index in [-0.39, 0.29) is 0 Å². The minimum atomic E-state index is -0.857. The Morgan fingerprint density at radius 1 is 1.24 bits per heavy atom. The fourth-order valence-electron chi connectivity index (χ4n) is 2.04. The number of aromatic carboxylic acids is 1. The van der Waals surface area contributed by atoms with Crippen molar-refractivity contribution in [1.82, 2.24) is 0 Å². The molecule has 3 heteroatoms. The summed E-state index contributed by atoms with van der Waals surface area (Å²) in [6.07, 6.45) is 0. The number of rotatable bonds is 2. The predicted octanol–water partition coefficient (Wildman–Crippen LogP) is 4.04. The molecule has 0 spiro atoms. The minimum absolute atomic E-state index is 0.402. The number of carbonyl (C=O) groups is 1. The summed E-state index contributed by atoms with van der Waals surface area (Å²) in [4.78, 5) is 12.2. The molecule has 0 aliphatic rings. The number of carboxylic acid groups (broad SMARTS) is 1. The van der Waals surface area contributed by atoms with Crippen LogP contribution in [0.1, 0.15) is 26.4 Å². The Morgan fingerprint density at radius 2 is 1.94 bits per heavy atom. The summed E-state index contributed by atoms with van der Waals surface area (Å²) < 4.78 is 0. The van der Waals surface area contributed by atoms with Crippen LogP contribution in [-0.4, -0.2) is 11.1 Å². The van der Waals surface area contributed by atoms with Gasteiger partial charge in [-0.3, -0.25) is 0 Å². The van der Waals surface area contributed by atoms with Gasteiger partial charge in [-0.05, 0) is 31.9 Å². The molecule has 88 valence electrons. The van der Waals surface area contributed by atoms with E-state index in [2.05, 4.69) is 6.07 Å². The summed E-state index contributed by atoms with van der Waals surface area (Å²) in [6.45, 7) is 6.02. The maximum absolute atomic E-state index is 11.2. The number of hydrogen-bond donors (Lipinski definition) is 1. The van der Waals surface area contributed by atoms with E-state index in [1.54, 1.807) is 5.38 Å². The van der Waals surface area contributed by atoms with Crippen molar-refractivity contribution in [2.24, 2.45) is 0 Å². The van der Waals surface area contributed by atoms with Crippen LogP contribution in [0.5, 0.6) is 0 Å². The van der Waals surface area contributed by atoms with Gasteiger partial charge in [0.05, 0.1) is 5.56 Å². The highest BCUT2D eigenvalue weighted by molar-refractivity contribution is 7.10. The smallest absolute Gasteiger partial charge is 0.337 e. The third-order valence-corrected chi connectivity index (χ3v) is 3.77. The van der Waals surface area contributed by atoms with E-state index < -0.39 is 5.97 Å². The van der Waals surface area contributed by atoms with Gasteiger partial charge in [0, 0.05) is 15.8 Å². The molecule has 1 heterocycles. The Kier molecular flexibility index (Phi) is 3.03. The maximum Gasteiger partial charge on any atom is 0.337 e. The van der Waals surface area contributed by atoms with Crippen molar-refractivity contribution in [3.63, 3.8) is 0 Å². The summed E-state index contributed by atoms with van der Waals surface area (Å²) in [5.74, 6) is -0.857. The minimum Gasteiger partial charge on any atom is -0.478 e. The van der Waals surface area contributed by atoms with Crippen LogP contribution in [0.2, 0.25) is 0 Å². The maximum atomic E-state index is 11.2. The van der Waals surface area contributed by atoms with Crippen LogP contribution in [0.25, 0.3) is 11.1 Å². The van der Waals surface area contributed by atoms with Gasteiger partial charge in [0.1, 0.15) is 0 Å². The first-order valence-electron chi connectivity index (χ1n) is 5.39. The lowest BCUT2D eigenvalue weighted by Gasteiger charge is -2.08. The molecule has 2 aromatic rings. The average Bonchev–Trinajstić information content (AvgIpc) is 2.60. The topological polar surface area (TPSA) is 37.3 Å². The molecule has 0 bridgehead atoms. The van der Waals surface area contributed by atoms with Gasteiger partial charge >= 0.3 is 5.97 Å². The van der Waals surface area contributed by atoms with Crippen molar-refractivity contribution in [2.45, 2.75) is 20.8 Å². The zero-order valence-corrected chi connectivity index (χ0v) is 10.9. The van der Waals surface area contributed by atoms with Crippen molar-refractivity contribution < 1.29 is 9.90 Å². The predicted molar refractivity (Wildman–Crippen MR) is 70.9 cm³/mol. The van der Waals surface area contributed by atoms with Crippen LogP contribution < -0.4 is 0 Å². The van der Waals surface area contributed by atoms with Crippen molar-refractivity contribution in [3.05, 3.63) is 45.1 Å². The van der Waals surface area contributed by atoms with E-state index in [9.17, 15) is 9.90 Å². The van der Waals surface area contributed by atoms with Crippen molar-refractivity contribution >= 4 is 17.3 Å². The molecule has 0 aliphatic carbocycles. The number of thiophene rings is 1. The summed E-state index contributed by atoms with van der Waals surface area (Å²) in [7, 11) is 0. The van der Waals surface area contributed by atoms with Gasteiger partial charge in [-0.25, -0.2) is 4.79 Å². The summed E-state index contributed by atoms with van der Waals surface area (Å²) in [6, 6.07) is 6.11. The van der Waals surface area contributed by atoms with Crippen LogP contribution >= 0.6 is 11.3 Å². The fourth-order valence-corrected chi connectivity index (χ4v) is 2.89. The van der Waals surface area contributed by atoms with Gasteiger partial charge in [-0.2, -0.15) is 0 Å². The Morgan fingerprint density at radius 3 is 2.53 bits per heavy atom. The van der Waals surface area contributed by atoms with Crippen LogP contribution in [0.3, 0.4) is 0 Å². The molecule has 17 heavy (non-hydrogen) atoms. The monoisotopic (exact) mass is 246 g/mol. The quantitative estimate of drug-likeness (QED) is 0.868. The largest absolute Gasteiger partial charge is 0.478 e. The molecule has 0 radical (unpaired) electrons. The van der Waals surface area contributed by atoms with Gasteiger partial charge in [0.2, 0.25) is 0 Å². The number of aryl methyl sites for hydroxylation is 3. The molecule has 2 rings (SSSR count). The lowest BCUT2D eigenvalue weighted by molar-refractivity contribution is 0.0698. The second kappa shape index (κ2) is 4.34. The zero-order chi connectivity index (χ0) is 12.6. The molecule has 0 aliphatic heterocycles. The molecule has 0 saturated carbocycles. The van der Waals surface area contributed by atoms with Gasteiger partial charge in [-0.15, -0.1) is 11.3 Å². The molecule has 0 atom stereocenters. The summed E-state index contributed by atoms with van der Waals surface area (Å²) >= 11 is 1.49. The standard InChI is InChI=1S/C14H14O2S/c1-8-4-5-11(9(2)6-8)13-10(3)17-7-12(13)14(15)16/h4-7H,1-3H3,(H,15,16). The summed E-state index contributed by atoms with van der Waals surface area (Å²) in [5, 5.41) is 10.9. The molecule has 0 unspecified atom stereocenters.